The van der Waals surface area contributed by atoms with Crippen LogP contribution >= 0.6 is 23.2 Å². The van der Waals surface area contributed by atoms with Gasteiger partial charge in [-0.2, -0.15) is 0 Å². The molecule has 0 spiro atoms. The van der Waals surface area contributed by atoms with Crippen LogP contribution in [-0.4, -0.2) is 22.8 Å². The lowest BCUT2D eigenvalue weighted by Gasteiger charge is -2.09. The maximum atomic E-state index is 11.6. The van der Waals surface area contributed by atoms with Crippen molar-refractivity contribution in [3.8, 4) is 0 Å². The summed E-state index contributed by atoms with van der Waals surface area (Å²) in [5.41, 5.74) is 0.365. The van der Waals surface area contributed by atoms with Crippen molar-refractivity contribution in [2.24, 2.45) is 5.92 Å². The molecule has 1 aliphatic rings. The summed E-state index contributed by atoms with van der Waals surface area (Å²) in [5, 5.41) is 3.32. The highest BCUT2D eigenvalue weighted by molar-refractivity contribution is 6.30. The monoisotopic (exact) mass is 258 g/mol. The fourth-order valence-electron chi connectivity index (χ4n) is 1.42. The lowest BCUT2D eigenvalue weighted by Crippen LogP contribution is -2.31. The van der Waals surface area contributed by atoms with E-state index in [1.807, 2.05) is 0 Å². The summed E-state index contributed by atoms with van der Waals surface area (Å²) in [4.78, 5) is 15.6. The molecule has 1 N–H and O–H groups in total. The third-order valence-corrected chi connectivity index (χ3v) is 3.29. The van der Waals surface area contributed by atoms with Gasteiger partial charge in [0, 0.05) is 12.7 Å². The van der Waals surface area contributed by atoms with E-state index in [9.17, 15) is 4.79 Å². The minimum Gasteiger partial charge on any atom is -0.349 e. The highest BCUT2D eigenvalue weighted by Crippen LogP contribution is 2.35. The van der Waals surface area contributed by atoms with Crippen molar-refractivity contribution in [3.63, 3.8) is 0 Å². The molecule has 0 bridgehead atoms. The Bertz CT molecular complexity index is 376. The number of halogens is 2. The fraction of sp³-hybridized carbons (Fsp3) is 0.455. The fourth-order valence-corrected chi connectivity index (χ4v) is 1.86. The summed E-state index contributed by atoms with van der Waals surface area (Å²) in [5.74, 6) is 0.364. The Morgan fingerprint density at radius 2 is 2.31 bits per heavy atom. The van der Waals surface area contributed by atoms with E-state index in [4.69, 9.17) is 23.2 Å². The van der Waals surface area contributed by atoms with E-state index in [0.717, 1.165) is 0 Å². The molecular formula is C11H12Cl2N2O. The molecule has 1 fully saturated rings. The second kappa shape index (κ2) is 5.02. The van der Waals surface area contributed by atoms with Gasteiger partial charge in [0.05, 0.1) is 10.4 Å². The molecular weight excluding hydrogens is 247 g/mol. The molecule has 0 aliphatic heterocycles. The van der Waals surface area contributed by atoms with Gasteiger partial charge in [-0.1, -0.05) is 11.6 Å². The molecule has 1 aromatic rings. The zero-order chi connectivity index (χ0) is 11.5. The van der Waals surface area contributed by atoms with E-state index in [-0.39, 0.29) is 11.3 Å². The van der Waals surface area contributed by atoms with Gasteiger partial charge in [-0.05, 0) is 30.9 Å². The number of carbonyl (C=O) groups excluding carboxylic acids is 1. The van der Waals surface area contributed by atoms with Crippen LogP contribution in [0, 0.1) is 5.92 Å². The molecule has 2 rings (SSSR count). The van der Waals surface area contributed by atoms with Crippen LogP contribution in [0.15, 0.2) is 18.3 Å². The van der Waals surface area contributed by atoms with E-state index in [2.05, 4.69) is 10.3 Å². The molecule has 1 heterocycles. The van der Waals surface area contributed by atoms with Gasteiger partial charge in [0.1, 0.15) is 5.69 Å². The van der Waals surface area contributed by atoms with Crippen molar-refractivity contribution in [1.82, 2.24) is 10.3 Å². The third-order valence-electron chi connectivity index (χ3n) is 2.55. The van der Waals surface area contributed by atoms with Crippen molar-refractivity contribution in [1.29, 1.82) is 0 Å². The van der Waals surface area contributed by atoms with Crippen LogP contribution in [0.3, 0.4) is 0 Å². The van der Waals surface area contributed by atoms with Gasteiger partial charge in [-0.25, -0.2) is 4.98 Å². The zero-order valence-electron chi connectivity index (χ0n) is 8.62. The normalized spacial score (nSPS) is 16.9. The number of rotatable bonds is 4. The number of alkyl halides is 1. The number of hydrogen-bond acceptors (Lipinski definition) is 2. The minimum atomic E-state index is -0.206. The van der Waals surface area contributed by atoms with E-state index in [1.54, 1.807) is 12.1 Å². The highest BCUT2D eigenvalue weighted by atomic mass is 35.5. The van der Waals surface area contributed by atoms with Gasteiger partial charge in [0.2, 0.25) is 0 Å². The number of amides is 1. The summed E-state index contributed by atoms with van der Waals surface area (Å²) in [6.45, 7) is 0.495. The Labute approximate surface area is 104 Å². The average Bonchev–Trinajstić information content (AvgIpc) is 3.10. The number of pyridine rings is 1. The highest BCUT2D eigenvalue weighted by Gasteiger charge is 2.29. The van der Waals surface area contributed by atoms with Gasteiger partial charge < -0.3 is 5.32 Å². The lowest BCUT2D eigenvalue weighted by molar-refractivity contribution is 0.0948. The third kappa shape index (κ3) is 3.09. The molecule has 5 heteroatoms. The maximum absolute atomic E-state index is 11.6. The molecule has 0 radical (unpaired) electrons. The Morgan fingerprint density at radius 3 is 2.88 bits per heavy atom. The van der Waals surface area contributed by atoms with Crippen LogP contribution in [0.2, 0.25) is 5.02 Å². The Kier molecular flexibility index (Phi) is 3.66. The summed E-state index contributed by atoms with van der Waals surface area (Å²) >= 11 is 11.8. The second-order valence-electron chi connectivity index (χ2n) is 3.93. The van der Waals surface area contributed by atoms with Crippen LogP contribution in [0.1, 0.15) is 23.3 Å². The average molecular weight is 259 g/mol. The summed E-state index contributed by atoms with van der Waals surface area (Å²) in [7, 11) is 0. The molecule has 1 amide bonds. The second-order valence-corrected chi connectivity index (χ2v) is 4.92. The molecule has 1 unspecified atom stereocenters. The molecule has 0 saturated heterocycles. The molecule has 0 aromatic carbocycles. The number of aromatic nitrogens is 1. The van der Waals surface area contributed by atoms with Crippen molar-refractivity contribution in [3.05, 3.63) is 29.0 Å². The van der Waals surface area contributed by atoms with Crippen molar-refractivity contribution in [2.75, 3.05) is 6.54 Å². The lowest BCUT2D eigenvalue weighted by atomic mass is 10.2. The van der Waals surface area contributed by atoms with E-state index in [0.29, 0.717) is 23.2 Å². The van der Waals surface area contributed by atoms with Gasteiger partial charge in [0.15, 0.2) is 0 Å². The van der Waals surface area contributed by atoms with Crippen LogP contribution in [0.4, 0.5) is 0 Å². The Hall–Kier alpha value is -0.800. The van der Waals surface area contributed by atoms with Crippen LogP contribution in [-0.2, 0) is 0 Å². The topological polar surface area (TPSA) is 42.0 Å². The number of hydrogen-bond donors (Lipinski definition) is 1. The van der Waals surface area contributed by atoms with Gasteiger partial charge >= 0.3 is 0 Å². The summed E-state index contributed by atoms with van der Waals surface area (Å²) in [6, 6.07) is 3.24. The summed E-state index contributed by atoms with van der Waals surface area (Å²) < 4.78 is 0. The molecule has 1 aliphatic carbocycles. The predicted octanol–water partition coefficient (Wildman–Crippen LogP) is 2.48. The molecule has 3 nitrogen and oxygen atoms in total. The van der Waals surface area contributed by atoms with E-state index < -0.39 is 0 Å². The maximum Gasteiger partial charge on any atom is 0.269 e. The Morgan fingerprint density at radius 1 is 1.56 bits per heavy atom. The largest absolute Gasteiger partial charge is 0.349 e. The van der Waals surface area contributed by atoms with Gasteiger partial charge in [-0.15, -0.1) is 11.6 Å². The first-order chi connectivity index (χ1) is 7.66. The van der Waals surface area contributed by atoms with Crippen LogP contribution in [0.25, 0.3) is 0 Å². The molecule has 1 saturated carbocycles. The first-order valence-electron chi connectivity index (χ1n) is 5.20. The number of nitrogens with zero attached hydrogens (tertiary/aromatic N) is 1. The first-order valence-corrected chi connectivity index (χ1v) is 6.02. The molecule has 16 heavy (non-hydrogen) atoms. The van der Waals surface area contributed by atoms with Gasteiger partial charge in [0.25, 0.3) is 5.91 Å². The van der Waals surface area contributed by atoms with Crippen LogP contribution in [0.5, 0.6) is 0 Å². The standard InChI is InChI=1S/C11H12Cl2N2O/c12-8-3-4-10(14-5-8)11(16)15-6-9(13)7-1-2-7/h3-5,7,9H,1-2,6H2,(H,15,16). The smallest absolute Gasteiger partial charge is 0.269 e. The Balaban J connectivity index is 1.85. The number of nitrogens with one attached hydrogen (secondary N) is 1. The van der Waals surface area contributed by atoms with Crippen molar-refractivity contribution >= 4 is 29.1 Å². The first kappa shape index (κ1) is 11.7. The van der Waals surface area contributed by atoms with Crippen molar-refractivity contribution in [2.45, 2.75) is 18.2 Å². The van der Waals surface area contributed by atoms with E-state index in [1.165, 1.54) is 19.0 Å². The number of carbonyl (C=O) groups is 1. The molecule has 1 aromatic heterocycles. The predicted molar refractivity (Wildman–Crippen MR) is 63.9 cm³/mol. The minimum absolute atomic E-state index is 0.0382. The van der Waals surface area contributed by atoms with Crippen molar-refractivity contribution < 1.29 is 4.79 Å². The quantitative estimate of drug-likeness (QED) is 0.844. The zero-order valence-corrected chi connectivity index (χ0v) is 10.1. The molecule has 1 atom stereocenters. The summed E-state index contributed by atoms with van der Waals surface area (Å²) in [6.07, 6.45) is 3.79. The van der Waals surface area contributed by atoms with E-state index >= 15 is 0 Å². The molecule has 86 valence electrons. The van der Waals surface area contributed by atoms with Crippen LogP contribution < -0.4 is 5.32 Å². The van der Waals surface area contributed by atoms with Gasteiger partial charge in [-0.3, -0.25) is 4.79 Å². The SMILES string of the molecule is O=C(NCC(Cl)C1CC1)c1ccc(Cl)cn1.